The minimum absolute atomic E-state index is 0. The summed E-state index contributed by atoms with van der Waals surface area (Å²) in [4.78, 5) is 9.98. The number of nitro benzene ring substituents is 1. The summed E-state index contributed by atoms with van der Waals surface area (Å²) in [6.45, 7) is 0.0907. The van der Waals surface area contributed by atoms with E-state index in [2.05, 4.69) is 0 Å². The molecule has 0 saturated carbocycles. The van der Waals surface area contributed by atoms with Gasteiger partial charge in [0, 0.05) is 11.6 Å². The third kappa shape index (κ3) is 3.34. The van der Waals surface area contributed by atoms with Gasteiger partial charge in [-0.05, 0) is 12.5 Å². The standard InChI is InChI=1S/C10H12F2N2O3.ClH/c1-6-2-3-7(4-8(6)14(16)17)9(13)10(11,12)5-15;/h2-4,9,15H,5,13H2,1H3;1H/t9-;/m1./s1. The third-order valence-electron chi connectivity index (χ3n) is 2.45. The highest BCUT2D eigenvalue weighted by molar-refractivity contribution is 5.85. The van der Waals surface area contributed by atoms with Gasteiger partial charge in [-0.1, -0.05) is 12.1 Å². The number of hydrogen-bond donors (Lipinski definition) is 2. The quantitative estimate of drug-likeness (QED) is 0.652. The van der Waals surface area contributed by atoms with Gasteiger partial charge in [0.15, 0.2) is 0 Å². The third-order valence-corrected chi connectivity index (χ3v) is 2.45. The lowest BCUT2D eigenvalue weighted by Gasteiger charge is -2.21. The van der Waals surface area contributed by atoms with E-state index in [4.69, 9.17) is 10.8 Å². The summed E-state index contributed by atoms with van der Waals surface area (Å²) in [7, 11) is 0. The van der Waals surface area contributed by atoms with Crippen LogP contribution in [-0.4, -0.2) is 22.6 Å². The Hall–Kier alpha value is -1.31. The van der Waals surface area contributed by atoms with Crippen molar-refractivity contribution in [2.24, 2.45) is 5.73 Å². The maximum Gasteiger partial charge on any atom is 0.289 e. The minimum Gasteiger partial charge on any atom is -0.390 e. The van der Waals surface area contributed by atoms with Crippen molar-refractivity contribution in [2.75, 3.05) is 6.61 Å². The summed E-state index contributed by atoms with van der Waals surface area (Å²) in [5.74, 6) is -3.51. The van der Waals surface area contributed by atoms with E-state index in [1.807, 2.05) is 0 Å². The molecule has 1 aromatic rings. The SMILES string of the molecule is Cc1ccc([C@@H](N)C(F)(F)CO)cc1[N+](=O)[O-].Cl. The molecule has 8 heteroatoms. The predicted molar refractivity (Wildman–Crippen MR) is 64.0 cm³/mol. The molecule has 5 nitrogen and oxygen atoms in total. The normalized spacial score (nSPS) is 12.7. The Morgan fingerprint density at radius 1 is 1.56 bits per heavy atom. The number of aliphatic hydroxyl groups excluding tert-OH is 1. The molecule has 0 aliphatic carbocycles. The fraction of sp³-hybridized carbons (Fsp3) is 0.400. The minimum atomic E-state index is -3.51. The lowest BCUT2D eigenvalue weighted by atomic mass is 9.99. The molecular formula is C10H13ClF2N2O3. The van der Waals surface area contributed by atoms with E-state index in [9.17, 15) is 18.9 Å². The lowest BCUT2D eigenvalue weighted by molar-refractivity contribution is -0.385. The molecule has 0 aromatic heterocycles. The molecule has 0 heterocycles. The number of nitro groups is 1. The first-order valence-electron chi connectivity index (χ1n) is 4.79. The van der Waals surface area contributed by atoms with Gasteiger partial charge in [0.05, 0.1) is 11.0 Å². The van der Waals surface area contributed by atoms with Crippen LogP contribution in [-0.2, 0) is 0 Å². The first-order valence-corrected chi connectivity index (χ1v) is 4.79. The fourth-order valence-electron chi connectivity index (χ4n) is 1.36. The van der Waals surface area contributed by atoms with Gasteiger partial charge in [0.2, 0.25) is 0 Å². The largest absolute Gasteiger partial charge is 0.390 e. The van der Waals surface area contributed by atoms with E-state index in [0.717, 1.165) is 6.07 Å². The zero-order valence-corrected chi connectivity index (χ0v) is 10.3. The summed E-state index contributed by atoms with van der Waals surface area (Å²) in [6.07, 6.45) is 0. The topological polar surface area (TPSA) is 89.4 Å². The number of rotatable bonds is 4. The van der Waals surface area contributed by atoms with Crippen LogP contribution in [0, 0.1) is 17.0 Å². The van der Waals surface area contributed by atoms with E-state index >= 15 is 0 Å². The van der Waals surface area contributed by atoms with Crippen LogP contribution in [0.3, 0.4) is 0 Å². The number of aryl methyl sites for hydroxylation is 1. The summed E-state index contributed by atoms with van der Waals surface area (Å²) in [5, 5.41) is 19.1. The zero-order valence-electron chi connectivity index (χ0n) is 9.47. The van der Waals surface area contributed by atoms with Crippen molar-refractivity contribution in [2.45, 2.75) is 18.9 Å². The summed E-state index contributed by atoms with van der Waals surface area (Å²) < 4.78 is 26.2. The second-order valence-electron chi connectivity index (χ2n) is 3.70. The van der Waals surface area contributed by atoms with E-state index < -0.39 is 23.5 Å². The lowest BCUT2D eigenvalue weighted by Crippen LogP contribution is -2.36. The van der Waals surface area contributed by atoms with Crippen LogP contribution in [0.15, 0.2) is 18.2 Å². The Balaban J connectivity index is 0.00000289. The molecule has 0 unspecified atom stereocenters. The monoisotopic (exact) mass is 282 g/mol. The molecule has 0 saturated heterocycles. The van der Waals surface area contributed by atoms with Gasteiger partial charge in [-0.25, -0.2) is 8.78 Å². The smallest absolute Gasteiger partial charge is 0.289 e. The Labute approximate surface area is 108 Å². The van der Waals surface area contributed by atoms with Crippen LogP contribution in [0.1, 0.15) is 17.2 Å². The Kier molecular flexibility index (Phi) is 5.59. The van der Waals surface area contributed by atoms with E-state index in [-0.39, 0.29) is 23.7 Å². The first kappa shape index (κ1) is 16.7. The van der Waals surface area contributed by atoms with Gasteiger partial charge in [-0.2, -0.15) is 0 Å². The van der Waals surface area contributed by atoms with Crippen LogP contribution < -0.4 is 5.73 Å². The summed E-state index contributed by atoms with van der Waals surface area (Å²) in [6, 6.07) is 1.87. The van der Waals surface area contributed by atoms with Crippen molar-refractivity contribution >= 4 is 18.1 Å². The molecule has 0 aliphatic heterocycles. The second kappa shape index (κ2) is 6.03. The molecule has 3 N–H and O–H groups in total. The van der Waals surface area contributed by atoms with Gasteiger partial charge in [-0.15, -0.1) is 12.4 Å². The molecule has 0 fully saturated rings. The van der Waals surface area contributed by atoms with Crippen molar-refractivity contribution in [1.29, 1.82) is 0 Å². The van der Waals surface area contributed by atoms with Gasteiger partial charge in [0.1, 0.15) is 6.61 Å². The van der Waals surface area contributed by atoms with Crippen molar-refractivity contribution < 1.29 is 18.8 Å². The summed E-state index contributed by atoms with van der Waals surface area (Å²) >= 11 is 0. The molecule has 1 atom stereocenters. The van der Waals surface area contributed by atoms with Crippen LogP contribution in [0.4, 0.5) is 14.5 Å². The van der Waals surface area contributed by atoms with Crippen molar-refractivity contribution in [3.63, 3.8) is 0 Å². The van der Waals surface area contributed by atoms with Crippen molar-refractivity contribution in [3.8, 4) is 0 Å². The van der Waals surface area contributed by atoms with E-state index in [1.165, 1.54) is 19.1 Å². The fourth-order valence-corrected chi connectivity index (χ4v) is 1.36. The average Bonchev–Trinajstić information content (AvgIpc) is 2.28. The van der Waals surface area contributed by atoms with Gasteiger partial charge in [-0.3, -0.25) is 10.1 Å². The number of hydrogen-bond acceptors (Lipinski definition) is 4. The number of nitrogens with two attached hydrogens (primary N) is 1. The van der Waals surface area contributed by atoms with Crippen LogP contribution in [0.5, 0.6) is 0 Å². The molecule has 0 radical (unpaired) electrons. The van der Waals surface area contributed by atoms with Crippen LogP contribution >= 0.6 is 12.4 Å². The van der Waals surface area contributed by atoms with Crippen LogP contribution in [0.25, 0.3) is 0 Å². The van der Waals surface area contributed by atoms with Gasteiger partial charge < -0.3 is 10.8 Å². The van der Waals surface area contributed by atoms with E-state index in [1.54, 1.807) is 0 Å². The molecule has 0 amide bonds. The molecule has 1 aromatic carbocycles. The molecule has 0 bridgehead atoms. The molecule has 18 heavy (non-hydrogen) atoms. The highest BCUT2D eigenvalue weighted by atomic mass is 35.5. The second-order valence-corrected chi connectivity index (χ2v) is 3.70. The number of nitrogens with zero attached hydrogens (tertiary/aromatic N) is 1. The average molecular weight is 283 g/mol. The maximum atomic E-state index is 13.1. The number of halogens is 3. The van der Waals surface area contributed by atoms with Gasteiger partial charge in [0.25, 0.3) is 11.6 Å². The first-order chi connectivity index (χ1) is 7.79. The Morgan fingerprint density at radius 2 is 2.11 bits per heavy atom. The van der Waals surface area contributed by atoms with Gasteiger partial charge >= 0.3 is 0 Å². The number of alkyl halides is 2. The molecule has 0 spiro atoms. The van der Waals surface area contributed by atoms with Crippen molar-refractivity contribution in [3.05, 3.63) is 39.4 Å². The predicted octanol–water partition coefficient (Wildman–Crippen LogP) is 1.95. The van der Waals surface area contributed by atoms with E-state index in [0.29, 0.717) is 5.56 Å². The highest BCUT2D eigenvalue weighted by Crippen LogP contribution is 2.31. The molecule has 102 valence electrons. The zero-order chi connectivity index (χ0) is 13.2. The Morgan fingerprint density at radius 3 is 2.56 bits per heavy atom. The Bertz CT molecular complexity index is 443. The van der Waals surface area contributed by atoms with Crippen molar-refractivity contribution in [1.82, 2.24) is 0 Å². The number of aliphatic hydroxyl groups is 1. The number of benzene rings is 1. The molecular weight excluding hydrogens is 270 g/mol. The molecule has 0 aliphatic rings. The highest BCUT2D eigenvalue weighted by Gasteiger charge is 2.37. The molecule has 1 rings (SSSR count). The van der Waals surface area contributed by atoms with Crippen LogP contribution in [0.2, 0.25) is 0 Å². The maximum absolute atomic E-state index is 13.1. The summed E-state index contributed by atoms with van der Waals surface area (Å²) in [5.41, 5.74) is 5.28.